The minimum absolute atomic E-state index is 0.0869. The van der Waals surface area contributed by atoms with Crippen LogP contribution in [0.4, 0.5) is 5.82 Å². The molecule has 3 aromatic rings. The number of sulfonamides is 1. The van der Waals surface area contributed by atoms with E-state index in [2.05, 4.69) is 44.3 Å². The number of pyridine rings is 2. The molecule has 0 spiro atoms. The van der Waals surface area contributed by atoms with Gasteiger partial charge in [0.2, 0.25) is 5.88 Å². The van der Waals surface area contributed by atoms with Crippen molar-refractivity contribution in [3.63, 3.8) is 0 Å². The minimum Gasteiger partial charge on any atom is -0.477 e. The van der Waals surface area contributed by atoms with E-state index in [0.717, 1.165) is 43.6 Å². The maximum Gasteiger partial charge on any atom is 0.281 e. The molecule has 1 amide bonds. The molecule has 2 saturated carbocycles. The average molecular weight is 642 g/mol. The van der Waals surface area contributed by atoms with Gasteiger partial charge in [0.15, 0.2) is 10.8 Å². The highest BCUT2D eigenvalue weighted by Crippen LogP contribution is 2.50. The van der Waals surface area contributed by atoms with Gasteiger partial charge in [0.25, 0.3) is 15.9 Å². The molecular formula is C31H40ClN7O4S. The van der Waals surface area contributed by atoms with E-state index in [1.54, 1.807) is 30.5 Å². The van der Waals surface area contributed by atoms with Crippen molar-refractivity contribution in [2.45, 2.75) is 69.4 Å². The maximum atomic E-state index is 13.0. The molecule has 1 atom stereocenters. The lowest BCUT2D eigenvalue weighted by atomic mass is 9.95. The van der Waals surface area contributed by atoms with Gasteiger partial charge in [-0.25, -0.2) is 19.4 Å². The lowest BCUT2D eigenvalue weighted by Crippen LogP contribution is -2.31. The Morgan fingerprint density at radius 1 is 1.14 bits per heavy atom. The number of ether oxygens (including phenoxy) is 1. The van der Waals surface area contributed by atoms with Gasteiger partial charge in [0, 0.05) is 24.3 Å². The summed E-state index contributed by atoms with van der Waals surface area (Å²) < 4.78 is 35.5. The summed E-state index contributed by atoms with van der Waals surface area (Å²) >= 11 is 6.33. The van der Waals surface area contributed by atoms with Crippen molar-refractivity contribution < 1.29 is 17.9 Å². The van der Waals surface area contributed by atoms with E-state index in [4.69, 9.17) is 16.3 Å². The molecule has 3 N–H and O–H groups in total. The fourth-order valence-corrected chi connectivity index (χ4v) is 7.40. The predicted molar refractivity (Wildman–Crippen MR) is 168 cm³/mol. The number of nitrogens with zero attached hydrogens (tertiary/aromatic N) is 4. The number of hydrogen-bond donors (Lipinski definition) is 3. The van der Waals surface area contributed by atoms with Crippen molar-refractivity contribution in [3.8, 4) is 11.7 Å². The first kappa shape index (κ1) is 30.8. The van der Waals surface area contributed by atoms with E-state index in [1.165, 1.54) is 42.5 Å². The average Bonchev–Trinajstić information content (AvgIpc) is 3.92. The Hall–Kier alpha value is -3.22. The Balaban J connectivity index is 1.02. The molecule has 1 saturated heterocycles. The van der Waals surface area contributed by atoms with E-state index in [9.17, 15) is 13.2 Å². The lowest BCUT2D eigenvalue weighted by Gasteiger charge is -2.17. The summed E-state index contributed by atoms with van der Waals surface area (Å²) in [6.45, 7) is 6.62. The highest BCUT2D eigenvalue weighted by molar-refractivity contribution is 7.90. The lowest BCUT2D eigenvalue weighted by molar-refractivity contribution is 0.0981. The third-order valence-corrected chi connectivity index (χ3v) is 10.3. The van der Waals surface area contributed by atoms with Gasteiger partial charge >= 0.3 is 0 Å². The first-order valence-electron chi connectivity index (χ1n) is 15.4. The second-order valence-electron chi connectivity index (χ2n) is 12.9. The topological polar surface area (TPSA) is 140 Å². The number of hydrogen-bond acceptors (Lipinski definition) is 9. The standard InChI is InChI=1S/C31H40ClN7O4S/c1-31(2)18-20(19-34-31)12-15-33-25-4-3-5-28(35-25)44(41,42)38-30(40)24-10-11-26(36-29(24)32)39-16-13-27(37-39)43-17-14-23(21-6-7-21)22-8-9-22/h3-5,10-11,13,16,20-23,34H,6-9,12,14-15,17-19H2,1-2H3,(H,33,35)(H,38,40). The molecule has 2 aliphatic carbocycles. The zero-order valence-corrected chi connectivity index (χ0v) is 26.7. The molecule has 0 aromatic carbocycles. The molecule has 0 radical (unpaired) electrons. The summed E-state index contributed by atoms with van der Waals surface area (Å²) in [5.41, 5.74) is 0.0512. The number of halogens is 1. The molecule has 3 fully saturated rings. The molecule has 1 aliphatic heterocycles. The van der Waals surface area contributed by atoms with Crippen molar-refractivity contribution in [1.82, 2.24) is 29.8 Å². The van der Waals surface area contributed by atoms with E-state index >= 15 is 0 Å². The molecular weight excluding hydrogens is 602 g/mol. The van der Waals surface area contributed by atoms with Crippen LogP contribution in [0.25, 0.3) is 5.82 Å². The van der Waals surface area contributed by atoms with Gasteiger partial charge < -0.3 is 15.4 Å². The molecule has 3 aromatic heterocycles. The molecule has 4 heterocycles. The third-order valence-electron chi connectivity index (χ3n) is 8.79. The monoisotopic (exact) mass is 641 g/mol. The van der Waals surface area contributed by atoms with Gasteiger partial charge in [0.1, 0.15) is 11.0 Å². The molecule has 6 rings (SSSR count). The predicted octanol–water partition coefficient (Wildman–Crippen LogP) is 4.83. The van der Waals surface area contributed by atoms with Gasteiger partial charge in [-0.2, -0.15) is 8.42 Å². The summed E-state index contributed by atoms with van der Waals surface area (Å²) in [5.74, 6) is 3.44. The second-order valence-corrected chi connectivity index (χ2v) is 14.9. The fourth-order valence-electron chi connectivity index (χ4n) is 6.23. The number of amides is 1. The van der Waals surface area contributed by atoms with Crippen LogP contribution < -0.4 is 20.1 Å². The Bertz CT molecular complexity index is 1590. The van der Waals surface area contributed by atoms with Crippen LogP contribution in [0.5, 0.6) is 5.88 Å². The van der Waals surface area contributed by atoms with Crippen molar-refractivity contribution in [3.05, 3.63) is 53.3 Å². The van der Waals surface area contributed by atoms with Crippen molar-refractivity contribution >= 4 is 33.3 Å². The zero-order chi connectivity index (χ0) is 30.9. The van der Waals surface area contributed by atoms with Crippen LogP contribution >= 0.6 is 11.6 Å². The number of rotatable bonds is 14. The number of nitrogens with one attached hydrogen (secondary N) is 3. The molecule has 1 unspecified atom stereocenters. The highest BCUT2D eigenvalue weighted by atomic mass is 35.5. The smallest absolute Gasteiger partial charge is 0.281 e. The van der Waals surface area contributed by atoms with Crippen LogP contribution in [0.3, 0.4) is 0 Å². The van der Waals surface area contributed by atoms with Gasteiger partial charge in [-0.3, -0.25) is 4.79 Å². The van der Waals surface area contributed by atoms with E-state index in [0.29, 0.717) is 36.6 Å². The van der Waals surface area contributed by atoms with Gasteiger partial charge in [-0.1, -0.05) is 17.7 Å². The van der Waals surface area contributed by atoms with Crippen LogP contribution in [0.2, 0.25) is 5.15 Å². The first-order chi connectivity index (χ1) is 21.1. The highest BCUT2D eigenvalue weighted by Gasteiger charge is 2.41. The Kier molecular flexibility index (Phi) is 8.85. The molecule has 13 heteroatoms. The summed E-state index contributed by atoms with van der Waals surface area (Å²) in [6.07, 6.45) is 10.2. The minimum atomic E-state index is -4.26. The van der Waals surface area contributed by atoms with Gasteiger partial charge in [-0.05, 0) is 113 Å². The van der Waals surface area contributed by atoms with Gasteiger partial charge in [0.05, 0.1) is 12.2 Å². The van der Waals surface area contributed by atoms with Crippen LogP contribution in [0, 0.1) is 23.7 Å². The summed E-state index contributed by atoms with van der Waals surface area (Å²) in [5, 5.41) is 10.7. The Morgan fingerprint density at radius 2 is 1.91 bits per heavy atom. The van der Waals surface area contributed by atoms with Crippen molar-refractivity contribution in [1.29, 1.82) is 0 Å². The molecule has 236 valence electrons. The first-order valence-corrected chi connectivity index (χ1v) is 17.3. The summed E-state index contributed by atoms with van der Waals surface area (Å²) in [6, 6.07) is 9.33. The van der Waals surface area contributed by atoms with Crippen LogP contribution in [-0.2, 0) is 10.0 Å². The number of aromatic nitrogens is 4. The van der Waals surface area contributed by atoms with E-state index in [1.807, 2.05) is 0 Å². The molecule has 3 aliphatic rings. The second kappa shape index (κ2) is 12.6. The van der Waals surface area contributed by atoms with Crippen molar-refractivity contribution in [2.75, 3.05) is 25.0 Å². The third kappa shape index (κ3) is 7.70. The zero-order valence-electron chi connectivity index (χ0n) is 25.1. The number of carbonyl (C=O) groups excluding carboxylic acids is 1. The van der Waals surface area contributed by atoms with Crippen molar-refractivity contribution in [2.24, 2.45) is 23.7 Å². The molecule has 11 nitrogen and oxygen atoms in total. The summed E-state index contributed by atoms with van der Waals surface area (Å²) in [4.78, 5) is 21.4. The quantitative estimate of drug-likeness (QED) is 0.211. The SMILES string of the molecule is CC1(C)CC(CCNc2cccc(S(=O)(=O)NC(=O)c3ccc(-n4ccc(OCCC(C5CC5)C5CC5)n4)nc3Cl)n2)CN1. The van der Waals surface area contributed by atoms with Crippen LogP contribution in [0.1, 0.15) is 69.2 Å². The number of carbonyl (C=O) groups is 1. The fraction of sp³-hybridized carbons (Fsp3) is 0.548. The van der Waals surface area contributed by atoms with E-state index in [-0.39, 0.29) is 21.3 Å². The van der Waals surface area contributed by atoms with Crippen LogP contribution in [-0.4, -0.2) is 59.3 Å². The summed E-state index contributed by atoms with van der Waals surface area (Å²) in [7, 11) is -4.26. The van der Waals surface area contributed by atoms with E-state index < -0.39 is 15.9 Å². The molecule has 0 bridgehead atoms. The largest absolute Gasteiger partial charge is 0.477 e. The number of anilines is 1. The Labute approximate surface area is 263 Å². The Morgan fingerprint density at radius 3 is 2.59 bits per heavy atom. The van der Waals surface area contributed by atoms with Crippen LogP contribution in [0.15, 0.2) is 47.6 Å². The van der Waals surface area contributed by atoms with Gasteiger partial charge in [-0.15, -0.1) is 5.10 Å². The molecule has 44 heavy (non-hydrogen) atoms. The maximum absolute atomic E-state index is 13.0. The normalized spacial score (nSPS) is 19.7.